The van der Waals surface area contributed by atoms with Crippen LogP contribution < -0.4 is 10.1 Å². The zero-order chi connectivity index (χ0) is 13.1. The second-order valence-corrected chi connectivity index (χ2v) is 3.77. The molecule has 0 aliphatic carbocycles. The van der Waals surface area contributed by atoms with Gasteiger partial charge in [-0.2, -0.15) is 10.1 Å². The quantitative estimate of drug-likeness (QED) is 0.843. The van der Waals surface area contributed by atoms with Crippen molar-refractivity contribution in [2.24, 2.45) is 7.05 Å². The lowest BCUT2D eigenvalue weighted by Gasteiger charge is -2.04. The number of halogens is 1. The van der Waals surface area contributed by atoms with Crippen molar-refractivity contribution in [3.63, 3.8) is 0 Å². The van der Waals surface area contributed by atoms with Crippen LogP contribution in [0.25, 0.3) is 0 Å². The first kappa shape index (κ1) is 12.3. The first-order valence-corrected chi connectivity index (χ1v) is 5.36. The lowest BCUT2D eigenvalue weighted by atomic mass is 10.4. The van der Waals surface area contributed by atoms with E-state index in [1.807, 2.05) is 0 Å². The Balaban J connectivity index is 2.18. The largest absolute Gasteiger partial charge is 0.481 e. The number of methoxy groups -OCH3 is 1. The minimum atomic E-state index is -0.417. The molecule has 0 atom stereocenters. The van der Waals surface area contributed by atoms with Crippen LogP contribution in [0.15, 0.2) is 18.3 Å². The van der Waals surface area contributed by atoms with Gasteiger partial charge in [-0.3, -0.25) is 14.8 Å². The highest BCUT2D eigenvalue weighted by Gasteiger charge is 2.12. The number of aromatic nitrogens is 4. The Morgan fingerprint density at radius 1 is 1.50 bits per heavy atom. The summed E-state index contributed by atoms with van der Waals surface area (Å²) in [5.41, 5.74) is 0.264. The van der Waals surface area contributed by atoms with Crippen LogP contribution in [0.1, 0.15) is 10.5 Å². The van der Waals surface area contributed by atoms with Crippen LogP contribution in [0.2, 0.25) is 5.15 Å². The van der Waals surface area contributed by atoms with Gasteiger partial charge in [0.05, 0.1) is 7.11 Å². The zero-order valence-electron chi connectivity index (χ0n) is 9.72. The predicted octanol–water partition coefficient (Wildman–Crippen LogP) is 1.12. The Bertz CT molecular complexity index is 583. The van der Waals surface area contributed by atoms with E-state index in [0.717, 1.165) is 0 Å². The third kappa shape index (κ3) is 2.75. The van der Waals surface area contributed by atoms with Crippen molar-refractivity contribution in [2.75, 3.05) is 12.4 Å². The van der Waals surface area contributed by atoms with Gasteiger partial charge >= 0.3 is 0 Å². The predicted molar refractivity (Wildman–Crippen MR) is 64.8 cm³/mol. The number of carbonyl (C=O) groups is 1. The van der Waals surface area contributed by atoms with Crippen molar-refractivity contribution in [2.45, 2.75) is 0 Å². The Labute approximate surface area is 108 Å². The van der Waals surface area contributed by atoms with E-state index < -0.39 is 5.91 Å². The molecule has 0 bridgehead atoms. The van der Waals surface area contributed by atoms with Crippen LogP contribution in [0.5, 0.6) is 5.88 Å². The van der Waals surface area contributed by atoms with Crippen molar-refractivity contribution in [1.82, 2.24) is 19.7 Å². The summed E-state index contributed by atoms with van der Waals surface area (Å²) in [5.74, 6) is -0.0822. The van der Waals surface area contributed by atoms with Gasteiger partial charge in [0.1, 0.15) is 5.15 Å². The summed E-state index contributed by atoms with van der Waals surface area (Å²) >= 11 is 5.76. The molecule has 1 N–H and O–H groups in total. The molecule has 0 saturated heterocycles. The molecule has 7 nitrogen and oxygen atoms in total. The summed E-state index contributed by atoms with van der Waals surface area (Å²) in [7, 11) is 3.17. The smallest absolute Gasteiger partial charge is 0.278 e. The number of amides is 1. The van der Waals surface area contributed by atoms with Gasteiger partial charge in [0, 0.05) is 19.3 Å². The molecule has 0 spiro atoms. The second kappa shape index (κ2) is 5.01. The summed E-state index contributed by atoms with van der Waals surface area (Å²) in [5, 5.41) is 6.62. The van der Waals surface area contributed by atoms with Crippen LogP contribution in [0.3, 0.4) is 0 Å². The minimum Gasteiger partial charge on any atom is -0.481 e. The average Bonchev–Trinajstić information content (AvgIpc) is 2.75. The van der Waals surface area contributed by atoms with Crippen LogP contribution in [0, 0.1) is 0 Å². The molecule has 1 amide bonds. The van der Waals surface area contributed by atoms with E-state index in [9.17, 15) is 4.79 Å². The van der Waals surface area contributed by atoms with Gasteiger partial charge < -0.3 is 4.74 Å². The van der Waals surface area contributed by atoms with Crippen LogP contribution in [-0.4, -0.2) is 32.8 Å². The standard InChI is InChI=1S/C10H10ClN5O2/c1-16-4-3-6(15-16)9(17)14-10-12-7(11)5-8(13-10)18-2/h3-5H,1-2H3,(H,12,13,14,17). The molecule has 94 valence electrons. The maximum Gasteiger partial charge on any atom is 0.278 e. The maximum atomic E-state index is 11.8. The SMILES string of the molecule is COc1cc(Cl)nc(NC(=O)c2ccn(C)n2)n1. The highest BCUT2D eigenvalue weighted by molar-refractivity contribution is 6.29. The third-order valence-electron chi connectivity index (χ3n) is 2.05. The summed E-state index contributed by atoms with van der Waals surface area (Å²) in [6, 6.07) is 3.02. The van der Waals surface area contributed by atoms with Crippen LogP contribution in [-0.2, 0) is 7.05 Å². The molecule has 0 saturated carbocycles. The molecule has 2 aromatic heterocycles. The van der Waals surface area contributed by atoms with Gasteiger partial charge in [-0.1, -0.05) is 11.6 Å². The van der Waals surface area contributed by atoms with E-state index in [1.54, 1.807) is 19.3 Å². The summed E-state index contributed by atoms with van der Waals surface area (Å²) < 4.78 is 6.44. The highest BCUT2D eigenvalue weighted by Crippen LogP contribution is 2.16. The molecule has 2 aromatic rings. The molecule has 18 heavy (non-hydrogen) atoms. The summed E-state index contributed by atoms with van der Waals surface area (Å²) in [4.78, 5) is 19.6. The molecule has 2 heterocycles. The molecule has 0 aliphatic heterocycles. The average molecular weight is 268 g/mol. The first-order chi connectivity index (χ1) is 8.58. The molecule has 0 aromatic carbocycles. The molecule has 0 radical (unpaired) electrons. The highest BCUT2D eigenvalue weighted by atomic mass is 35.5. The molecule has 0 aliphatic rings. The Kier molecular flexibility index (Phi) is 3.42. The number of hydrogen-bond donors (Lipinski definition) is 1. The van der Waals surface area contributed by atoms with Crippen molar-refractivity contribution in [3.8, 4) is 5.88 Å². The number of rotatable bonds is 3. The normalized spacial score (nSPS) is 10.2. The molecule has 2 rings (SSSR count). The molecule has 8 heteroatoms. The van der Waals surface area contributed by atoms with Crippen LogP contribution in [0.4, 0.5) is 5.95 Å². The lowest BCUT2D eigenvalue weighted by molar-refractivity contribution is 0.102. The maximum absolute atomic E-state index is 11.8. The van der Waals surface area contributed by atoms with Gasteiger partial charge in [-0.05, 0) is 6.07 Å². The van der Waals surface area contributed by atoms with Gasteiger partial charge in [0.25, 0.3) is 5.91 Å². The Hall–Kier alpha value is -2.15. The fraction of sp³-hybridized carbons (Fsp3) is 0.200. The number of nitrogens with zero attached hydrogens (tertiary/aromatic N) is 4. The van der Waals surface area contributed by atoms with Crippen molar-refractivity contribution in [1.29, 1.82) is 0 Å². The Morgan fingerprint density at radius 2 is 2.28 bits per heavy atom. The number of carbonyl (C=O) groups excluding carboxylic acids is 1. The van der Waals surface area contributed by atoms with Gasteiger partial charge in [-0.15, -0.1) is 0 Å². The van der Waals surface area contributed by atoms with Crippen molar-refractivity contribution >= 4 is 23.5 Å². The van der Waals surface area contributed by atoms with E-state index >= 15 is 0 Å². The topological polar surface area (TPSA) is 81.9 Å². The summed E-state index contributed by atoms with van der Waals surface area (Å²) in [6.07, 6.45) is 1.66. The molecule has 0 fully saturated rings. The van der Waals surface area contributed by atoms with Crippen molar-refractivity contribution in [3.05, 3.63) is 29.2 Å². The molecule has 0 unspecified atom stereocenters. The zero-order valence-corrected chi connectivity index (χ0v) is 10.5. The van der Waals surface area contributed by atoms with E-state index in [-0.39, 0.29) is 22.7 Å². The molecular weight excluding hydrogens is 258 g/mol. The van der Waals surface area contributed by atoms with E-state index in [2.05, 4.69) is 20.4 Å². The number of ether oxygens (including phenoxy) is 1. The van der Waals surface area contributed by atoms with E-state index in [0.29, 0.717) is 0 Å². The number of anilines is 1. The lowest BCUT2D eigenvalue weighted by Crippen LogP contribution is -2.15. The third-order valence-corrected chi connectivity index (χ3v) is 2.25. The minimum absolute atomic E-state index is 0.0648. The van der Waals surface area contributed by atoms with E-state index in [1.165, 1.54) is 17.9 Å². The van der Waals surface area contributed by atoms with Crippen LogP contribution >= 0.6 is 11.6 Å². The van der Waals surface area contributed by atoms with Gasteiger partial charge in [0.15, 0.2) is 5.69 Å². The number of aryl methyl sites for hydroxylation is 1. The van der Waals surface area contributed by atoms with Crippen molar-refractivity contribution < 1.29 is 9.53 Å². The fourth-order valence-electron chi connectivity index (χ4n) is 1.26. The first-order valence-electron chi connectivity index (χ1n) is 4.98. The number of hydrogen-bond acceptors (Lipinski definition) is 5. The van der Waals surface area contributed by atoms with E-state index in [4.69, 9.17) is 16.3 Å². The summed E-state index contributed by atoms with van der Waals surface area (Å²) in [6.45, 7) is 0. The monoisotopic (exact) mass is 267 g/mol. The van der Waals surface area contributed by atoms with Gasteiger partial charge in [-0.25, -0.2) is 4.98 Å². The number of nitrogens with one attached hydrogen (secondary N) is 1. The van der Waals surface area contributed by atoms with Gasteiger partial charge in [0.2, 0.25) is 11.8 Å². The second-order valence-electron chi connectivity index (χ2n) is 3.39. The fourth-order valence-corrected chi connectivity index (χ4v) is 1.43. The molecular formula is C10H10ClN5O2. The Morgan fingerprint density at radius 3 is 2.89 bits per heavy atom.